The Bertz CT molecular complexity index is 367. The van der Waals surface area contributed by atoms with E-state index >= 15 is 0 Å². The maximum absolute atomic E-state index is 12.1. The minimum atomic E-state index is -0.424. The fourth-order valence-corrected chi connectivity index (χ4v) is 3.34. The standard InChI is InChI=1S/C17H32N2O3/c1-17(2,3)22-16(20)19(4)14-8-6-12(7-9-14)18-13-10-15(11-13)21-5/h12-15,18H,6-11H2,1-5H3. The van der Waals surface area contributed by atoms with Gasteiger partial charge < -0.3 is 19.7 Å². The Morgan fingerprint density at radius 1 is 1.09 bits per heavy atom. The molecule has 5 nitrogen and oxygen atoms in total. The monoisotopic (exact) mass is 312 g/mol. The van der Waals surface area contributed by atoms with Crippen LogP contribution in [0, 0.1) is 0 Å². The zero-order chi connectivity index (χ0) is 16.3. The van der Waals surface area contributed by atoms with Gasteiger partial charge in [0.25, 0.3) is 0 Å². The van der Waals surface area contributed by atoms with Crippen molar-refractivity contribution in [3.05, 3.63) is 0 Å². The first-order chi connectivity index (χ1) is 10.3. The lowest BCUT2D eigenvalue weighted by Gasteiger charge is -2.40. The molecule has 2 saturated carbocycles. The van der Waals surface area contributed by atoms with Gasteiger partial charge in [0.2, 0.25) is 0 Å². The molecule has 0 saturated heterocycles. The van der Waals surface area contributed by atoms with E-state index in [1.165, 1.54) is 0 Å². The van der Waals surface area contributed by atoms with Crippen molar-refractivity contribution < 1.29 is 14.3 Å². The smallest absolute Gasteiger partial charge is 0.410 e. The summed E-state index contributed by atoms with van der Waals surface area (Å²) < 4.78 is 10.8. The Morgan fingerprint density at radius 2 is 1.68 bits per heavy atom. The predicted molar refractivity (Wildman–Crippen MR) is 87.0 cm³/mol. The molecule has 2 fully saturated rings. The molecule has 0 atom stereocenters. The molecular formula is C17H32N2O3. The van der Waals surface area contributed by atoms with Crippen molar-refractivity contribution in [3.8, 4) is 0 Å². The summed E-state index contributed by atoms with van der Waals surface area (Å²) in [5.74, 6) is 0. The van der Waals surface area contributed by atoms with Gasteiger partial charge >= 0.3 is 6.09 Å². The number of carbonyl (C=O) groups excluding carboxylic acids is 1. The Labute approximate surface area is 134 Å². The lowest BCUT2D eigenvalue weighted by Crippen LogP contribution is -2.51. The molecule has 0 aliphatic heterocycles. The first-order valence-corrected chi connectivity index (χ1v) is 8.53. The molecule has 5 heteroatoms. The SMILES string of the molecule is COC1CC(NC2CCC(N(C)C(=O)OC(C)(C)C)CC2)C1. The third-order valence-electron chi connectivity index (χ3n) is 4.83. The molecule has 2 aliphatic rings. The number of ether oxygens (including phenoxy) is 2. The van der Waals surface area contributed by atoms with E-state index in [2.05, 4.69) is 5.32 Å². The molecule has 0 aromatic heterocycles. The van der Waals surface area contributed by atoms with E-state index < -0.39 is 5.60 Å². The van der Waals surface area contributed by atoms with Crippen molar-refractivity contribution in [3.63, 3.8) is 0 Å². The minimum absolute atomic E-state index is 0.203. The average molecular weight is 312 g/mol. The summed E-state index contributed by atoms with van der Waals surface area (Å²) in [5, 5.41) is 3.73. The third-order valence-corrected chi connectivity index (χ3v) is 4.83. The molecule has 1 N–H and O–H groups in total. The molecule has 0 aromatic carbocycles. The first-order valence-electron chi connectivity index (χ1n) is 8.53. The molecule has 0 spiro atoms. The zero-order valence-electron chi connectivity index (χ0n) is 14.7. The number of hydrogen-bond donors (Lipinski definition) is 1. The fourth-order valence-electron chi connectivity index (χ4n) is 3.34. The Balaban J connectivity index is 1.69. The second kappa shape index (κ2) is 7.18. The highest BCUT2D eigenvalue weighted by atomic mass is 16.6. The lowest BCUT2D eigenvalue weighted by atomic mass is 9.85. The van der Waals surface area contributed by atoms with Crippen LogP contribution in [0.3, 0.4) is 0 Å². The van der Waals surface area contributed by atoms with E-state index in [1.54, 1.807) is 12.0 Å². The average Bonchev–Trinajstić information content (AvgIpc) is 2.40. The van der Waals surface area contributed by atoms with Crippen LogP contribution in [0.1, 0.15) is 59.3 Å². The summed E-state index contributed by atoms with van der Waals surface area (Å²) in [7, 11) is 3.65. The van der Waals surface area contributed by atoms with Crippen molar-refractivity contribution in [2.24, 2.45) is 0 Å². The van der Waals surface area contributed by atoms with Gasteiger partial charge in [-0.25, -0.2) is 4.79 Å². The number of amides is 1. The molecule has 0 radical (unpaired) electrons. The summed E-state index contributed by atoms with van der Waals surface area (Å²) in [6.07, 6.45) is 6.88. The van der Waals surface area contributed by atoms with Crippen molar-refractivity contribution in [2.75, 3.05) is 14.2 Å². The third kappa shape index (κ3) is 4.85. The molecule has 128 valence electrons. The second-order valence-electron chi connectivity index (χ2n) is 7.79. The predicted octanol–water partition coefficient (Wildman–Crippen LogP) is 2.93. The normalized spacial score (nSPS) is 32.2. The quantitative estimate of drug-likeness (QED) is 0.867. The van der Waals surface area contributed by atoms with Crippen molar-refractivity contribution in [1.29, 1.82) is 0 Å². The van der Waals surface area contributed by atoms with Crippen LogP contribution in [-0.4, -0.2) is 55.0 Å². The summed E-state index contributed by atoms with van der Waals surface area (Å²) >= 11 is 0. The van der Waals surface area contributed by atoms with Gasteiger partial charge in [0.15, 0.2) is 0 Å². The summed E-state index contributed by atoms with van der Waals surface area (Å²) in [6.45, 7) is 5.72. The second-order valence-corrected chi connectivity index (χ2v) is 7.79. The van der Waals surface area contributed by atoms with Crippen LogP contribution in [0.2, 0.25) is 0 Å². The largest absolute Gasteiger partial charge is 0.444 e. The van der Waals surface area contributed by atoms with Crippen LogP contribution in [0.25, 0.3) is 0 Å². The number of carbonyl (C=O) groups is 1. The van der Waals surface area contributed by atoms with Crippen LogP contribution in [0.15, 0.2) is 0 Å². The molecule has 0 bridgehead atoms. The van der Waals surface area contributed by atoms with Gasteiger partial charge in [0, 0.05) is 32.3 Å². The summed E-state index contributed by atoms with van der Waals surface area (Å²) in [5.41, 5.74) is -0.424. The number of methoxy groups -OCH3 is 1. The van der Waals surface area contributed by atoms with Crippen molar-refractivity contribution >= 4 is 6.09 Å². The molecular weight excluding hydrogens is 280 g/mol. The topological polar surface area (TPSA) is 50.8 Å². The van der Waals surface area contributed by atoms with Crippen molar-refractivity contribution in [2.45, 2.75) is 89.1 Å². The van der Waals surface area contributed by atoms with Crippen LogP contribution < -0.4 is 5.32 Å². The molecule has 1 amide bonds. The Morgan fingerprint density at radius 3 is 2.18 bits per heavy atom. The first kappa shape index (κ1) is 17.5. The molecule has 0 unspecified atom stereocenters. The van der Waals surface area contributed by atoms with E-state index in [0.717, 1.165) is 38.5 Å². The lowest BCUT2D eigenvalue weighted by molar-refractivity contribution is 0.00760. The molecule has 0 aromatic rings. The fraction of sp³-hybridized carbons (Fsp3) is 0.941. The van der Waals surface area contributed by atoms with Crippen molar-refractivity contribution in [1.82, 2.24) is 10.2 Å². The number of rotatable bonds is 4. The van der Waals surface area contributed by atoms with Gasteiger partial charge in [-0.2, -0.15) is 0 Å². The van der Waals surface area contributed by atoms with E-state index in [9.17, 15) is 4.79 Å². The molecule has 2 aliphatic carbocycles. The number of nitrogens with zero attached hydrogens (tertiary/aromatic N) is 1. The van der Waals surface area contributed by atoms with Gasteiger partial charge in [0.05, 0.1) is 6.10 Å². The maximum atomic E-state index is 12.1. The number of nitrogens with one attached hydrogen (secondary N) is 1. The van der Waals surface area contributed by atoms with Gasteiger partial charge in [-0.3, -0.25) is 0 Å². The van der Waals surface area contributed by atoms with Crippen LogP contribution in [-0.2, 0) is 9.47 Å². The van der Waals surface area contributed by atoms with E-state index in [4.69, 9.17) is 9.47 Å². The Hall–Kier alpha value is -0.810. The van der Waals surface area contributed by atoms with Gasteiger partial charge in [-0.1, -0.05) is 0 Å². The van der Waals surface area contributed by atoms with E-state index in [0.29, 0.717) is 24.2 Å². The van der Waals surface area contributed by atoms with Crippen LogP contribution in [0.5, 0.6) is 0 Å². The number of hydrogen-bond acceptors (Lipinski definition) is 4. The highest BCUT2D eigenvalue weighted by Gasteiger charge is 2.33. The van der Waals surface area contributed by atoms with Crippen LogP contribution >= 0.6 is 0 Å². The molecule has 22 heavy (non-hydrogen) atoms. The Kier molecular flexibility index (Phi) is 5.72. The summed E-state index contributed by atoms with van der Waals surface area (Å²) in [4.78, 5) is 13.9. The van der Waals surface area contributed by atoms with E-state index in [-0.39, 0.29) is 6.09 Å². The van der Waals surface area contributed by atoms with Gasteiger partial charge in [-0.05, 0) is 59.3 Å². The van der Waals surface area contributed by atoms with E-state index in [1.807, 2.05) is 27.8 Å². The zero-order valence-corrected chi connectivity index (χ0v) is 14.7. The maximum Gasteiger partial charge on any atom is 0.410 e. The minimum Gasteiger partial charge on any atom is -0.444 e. The highest BCUT2D eigenvalue weighted by molar-refractivity contribution is 5.68. The highest BCUT2D eigenvalue weighted by Crippen LogP contribution is 2.28. The van der Waals surface area contributed by atoms with Gasteiger partial charge in [-0.15, -0.1) is 0 Å². The summed E-state index contributed by atoms with van der Waals surface area (Å²) in [6, 6.07) is 1.52. The van der Waals surface area contributed by atoms with Gasteiger partial charge in [0.1, 0.15) is 5.60 Å². The molecule has 2 rings (SSSR count). The molecule has 0 heterocycles. The van der Waals surface area contributed by atoms with Crippen LogP contribution in [0.4, 0.5) is 4.79 Å².